The van der Waals surface area contributed by atoms with Gasteiger partial charge < -0.3 is 19.7 Å². The second-order valence-electron chi connectivity index (χ2n) is 6.69. The molecule has 0 aromatic heterocycles. The van der Waals surface area contributed by atoms with Crippen LogP contribution in [0.1, 0.15) is 20.8 Å². The Morgan fingerprint density at radius 3 is 2.19 bits per heavy atom. The van der Waals surface area contributed by atoms with E-state index >= 15 is 0 Å². The van der Waals surface area contributed by atoms with Gasteiger partial charge in [-0.25, -0.2) is 9.59 Å². The largest absolute Gasteiger partial charge is 0.466 e. The summed E-state index contributed by atoms with van der Waals surface area (Å²) in [6, 6.07) is 0. The van der Waals surface area contributed by atoms with Crippen molar-refractivity contribution in [3.8, 4) is 0 Å². The van der Waals surface area contributed by atoms with E-state index in [4.69, 9.17) is 9.47 Å². The Bertz CT molecular complexity index is 469. The third-order valence-electron chi connectivity index (χ3n) is 4.38. The molecule has 6 heteroatoms. The molecule has 118 valence electrons. The maximum Gasteiger partial charge on any atom is 0.410 e. The van der Waals surface area contributed by atoms with Crippen LogP contribution in [0, 0.1) is 11.8 Å². The number of nitrogens with one attached hydrogen (secondary N) is 1. The van der Waals surface area contributed by atoms with Gasteiger partial charge in [0, 0.05) is 24.9 Å². The zero-order chi connectivity index (χ0) is 16.0. The molecule has 2 rings (SSSR count). The van der Waals surface area contributed by atoms with Gasteiger partial charge in [-0.1, -0.05) is 6.58 Å². The van der Waals surface area contributed by atoms with E-state index in [-0.39, 0.29) is 17.9 Å². The molecule has 1 unspecified atom stereocenters. The predicted octanol–water partition coefficient (Wildman–Crippen LogP) is 1.17. The summed E-state index contributed by atoms with van der Waals surface area (Å²) in [5.74, 6) is -0.0363. The fraction of sp³-hybridized carbons (Fsp3) is 0.733. The molecular formula is C15H24N2O4. The lowest BCUT2D eigenvalue weighted by Crippen LogP contribution is -2.45. The van der Waals surface area contributed by atoms with E-state index in [1.807, 2.05) is 27.8 Å². The second-order valence-corrected chi connectivity index (χ2v) is 6.69. The van der Waals surface area contributed by atoms with Crippen molar-refractivity contribution in [3.05, 3.63) is 12.2 Å². The number of piperidine rings is 1. The third-order valence-corrected chi connectivity index (χ3v) is 4.38. The molecular weight excluding hydrogens is 272 g/mol. The Kier molecular flexibility index (Phi) is 3.78. The molecule has 1 saturated carbocycles. The highest BCUT2D eigenvalue weighted by Gasteiger charge is 2.71. The normalized spacial score (nSPS) is 30.6. The zero-order valence-electron chi connectivity index (χ0n) is 13.4. The lowest BCUT2D eigenvalue weighted by molar-refractivity contribution is -0.136. The first-order chi connectivity index (χ1) is 9.67. The van der Waals surface area contributed by atoms with Crippen LogP contribution in [0.5, 0.6) is 0 Å². The van der Waals surface area contributed by atoms with Crippen LogP contribution >= 0.6 is 0 Å². The molecule has 1 heterocycles. The smallest absolute Gasteiger partial charge is 0.410 e. The van der Waals surface area contributed by atoms with Crippen LogP contribution in [0.15, 0.2) is 12.2 Å². The van der Waals surface area contributed by atoms with Crippen molar-refractivity contribution in [1.82, 2.24) is 10.2 Å². The number of hydrogen-bond acceptors (Lipinski definition) is 5. The molecule has 0 aromatic rings. The number of rotatable bonds is 3. The number of esters is 1. The summed E-state index contributed by atoms with van der Waals surface area (Å²) >= 11 is 0. The van der Waals surface area contributed by atoms with Gasteiger partial charge in [0.2, 0.25) is 0 Å². The minimum atomic E-state index is -0.500. The molecule has 0 aromatic carbocycles. The van der Waals surface area contributed by atoms with E-state index in [1.54, 1.807) is 4.90 Å². The lowest BCUT2D eigenvalue weighted by atomic mass is 10.0. The van der Waals surface area contributed by atoms with Crippen molar-refractivity contribution in [2.24, 2.45) is 11.8 Å². The Labute approximate surface area is 125 Å². The van der Waals surface area contributed by atoms with Gasteiger partial charge in [0.25, 0.3) is 0 Å². The molecule has 0 spiro atoms. The van der Waals surface area contributed by atoms with Crippen LogP contribution < -0.4 is 5.32 Å². The maximum absolute atomic E-state index is 12.1. The van der Waals surface area contributed by atoms with E-state index in [9.17, 15) is 9.59 Å². The molecule has 1 N–H and O–H groups in total. The number of carbonyl (C=O) groups excluding carboxylic acids is 2. The van der Waals surface area contributed by atoms with Crippen molar-refractivity contribution in [2.75, 3.05) is 27.2 Å². The van der Waals surface area contributed by atoms with Gasteiger partial charge in [-0.15, -0.1) is 0 Å². The van der Waals surface area contributed by atoms with Crippen molar-refractivity contribution >= 4 is 12.1 Å². The van der Waals surface area contributed by atoms with E-state index in [0.29, 0.717) is 18.7 Å². The number of ether oxygens (including phenoxy) is 2. The Morgan fingerprint density at radius 2 is 1.81 bits per heavy atom. The zero-order valence-corrected chi connectivity index (χ0v) is 13.4. The molecule has 1 aliphatic carbocycles. The minimum Gasteiger partial charge on any atom is -0.466 e. The van der Waals surface area contributed by atoms with Gasteiger partial charge in [-0.3, -0.25) is 0 Å². The van der Waals surface area contributed by atoms with E-state index in [1.165, 1.54) is 7.11 Å². The van der Waals surface area contributed by atoms with Crippen molar-refractivity contribution in [2.45, 2.75) is 31.9 Å². The third kappa shape index (κ3) is 2.52. The van der Waals surface area contributed by atoms with E-state index < -0.39 is 17.1 Å². The standard InChI is InChI=1S/C15H24N2O4/c1-9(12(18)20-6)15(16-5)10-7-17(8-11(10)15)13(19)21-14(2,3)4/h10-11,16H,1,7-8H2,2-6H3/t10-,11?,15-/m0/s1. The second kappa shape index (κ2) is 5.02. The van der Waals surface area contributed by atoms with Crippen LogP contribution in [-0.2, 0) is 14.3 Å². The summed E-state index contributed by atoms with van der Waals surface area (Å²) in [6.07, 6.45) is -0.302. The Morgan fingerprint density at radius 1 is 1.29 bits per heavy atom. The number of likely N-dealkylation sites (N-methyl/N-ethyl adjacent to an activating group) is 1. The molecule has 6 nitrogen and oxygen atoms in total. The van der Waals surface area contributed by atoms with Crippen LogP contribution in [0.25, 0.3) is 0 Å². The van der Waals surface area contributed by atoms with Crippen molar-refractivity contribution in [1.29, 1.82) is 0 Å². The lowest BCUT2D eigenvalue weighted by Gasteiger charge is -2.29. The van der Waals surface area contributed by atoms with Gasteiger partial charge >= 0.3 is 12.1 Å². The first-order valence-electron chi connectivity index (χ1n) is 7.12. The first kappa shape index (κ1) is 15.8. The quantitative estimate of drug-likeness (QED) is 0.625. The number of likely N-dealkylation sites (tertiary alicyclic amines) is 1. The molecule has 2 aliphatic rings. The Balaban J connectivity index is 2.01. The topological polar surface area (TPSA) is 67.9 Å². The number of amides is 1. The Hall–Kier alpha value is -1.56. The fourth-order valence-electron chi connectivity index (χ4n) is 3.37. The highest BCUT2D eigenvalue weighted by Crippen LogP contribution is 2.58. The average Bonchev–Trinajstić information content (AvgIpc) is 2.78. The van der Waals surface area contributed by atoms with Gasteiger partial charge in [0.15, 0.2) is 0 Å². The molecule has 0 radical (unpaired) electrons. The molecule has 1 amide bonds. The fourth-order valence-corrected chi connectivity index (χ4v) is 3.37. The summed E-state index contributed by atoms with van der Waals surface area (Å²) in [4.78, 5) is 25.5. The van der Waals surface area contributed by atoms with Crippen molar-refractivity contribution < 1.29 is 19.1 Å². The summed E-state index contributed by atoms with van der Waals surface area (Å²) in [5, 5.41) is 3.20. The monoisotopic (exact) mass is 296 g/mol. The predicted molar refractivity (Wildman–Crippen MR) is 77.7 cm³/mol. The van der Waals surface area contributed by atoms with Crippen LogP contribution in [-0.4, -0.2) is 55.3 Å². The molecule has 3 atom stereocenters. The summed E-state index contributed by atoms with van der Waals surface area (Å²) in [6.45, 7) is 10.5. The average molecular weight is 296 g/mol. The maximum atomic E-state index is 12.1. The van der Waals surface area contributed by atoms with E-state index in [2.05, 4.69) is 11.9 Å². The number of carbonyl (C=O) groups is 2. The van der Waals surface area contributed by atoms with Crippen molar-refractivity contribution in [3.63, 3.8) is 0 Å². The molecule has 0 bridgehead atoms. The summed E-state index contributed by atoms with van der Waals surface area (Å²) in [5.41, 5.74) is -0.503. The number of nitrogens with zero attached hydrogens (tertiary/aromatic N) is 1. The number of fused-ring (bicyclic) bond motifs is 1. The first-order valence-corrected chi connectivity index (χ1v) is 7.12. The van der Waals surface area contributed by atoms with Crippen LogP contribution in [0.3, 0.4) is 0 Å². The SMILES string of the molecule is C=C(C(=O)OC)[C@@]1(NC)C2CN(C(=O)OC(C)(C)C)C[C@@H]21. The minimum absolute atomic E-state index is 0.182. The van der Waals surface area contributed by atoms with Crippen LogP contribution in [0.4, 0.5) is 4.79 Å². The van der Waals surface area contributed by atoms with Gasteiger partial charge in [0.05, 0.1) is 18.2 Å². The molecule has 21 heavy (non-hydrogen) atoms. The number of methoxy groups -OCH3 is 1. The molecule has 1 aliphatic heterocycles. The van der Waals surface area contributed by atoms with E-state index in [0.717, 1.165) is 0 Å². The summed E-state index contributed by atoms with van der Waals surface area (Å²) in [7, 11) is 3.16. The number of hydrogen-bond donors (Lipinski definition) is 1. The van der Waals surface area contributed by atoms with Crippen LogP contribution in [0.2, 0.25) is 0 Å². The molecule has 1 saturated heterocycles. The highest BCUT2D eigenvalue weighted by molar-refractivity contribution is 5.92. The van der Waals surface area contributed by atoms with Gasteiger partial charge in [-0.05, 0) is 27.8 Å². The summed E-state index contributed by atoms with van der Waals surface area (Å²) < 4.78 is 10.1. The molecule has 2 fully saturated rings. The van der Waals surface area contributed by atoms with Gasteiger partial charge in [-0.2, -0.15) is 0 Å². The van der Waals surface area contributed by atoms with Gasteiger partial charge in [0.1, 0.15) is 5.60 Å². The highest BCUT2D eigenvalue weighted by atomic mass is 16.6.